The highest BCUT2D eigenvalue weighted by molar-refractivity contribution is 5.97. The lowest BCUT2D eigenvalue weighted by molar-refractivity contribution is -0.153. The van der Waals surface area contributed by atoms with Gasteiger partial charge in [0.05, 0.1) is 25.5 Å². The molecule has 0 aliphatic rings. The average molecular weight is 474 g/mol. The van der Waals surface area contributed by atoms with Crippen molar-refractivity contribution < 1.29 is 32.2 Å². The Kier molecular flexibility index (Phi) is 7.55. The minimum atomic E-state index is -4.38. The van der Waals surface area contributed by atoms with E-state index in [-0.39, 0.29) is 5.75 Å². The Labute approximate surface area is 195 Å². The molecule has 0 heterocycles. The van der Waals surface area contributed by atoms with E-state index in [1.165, 1.54) is 26.4 Å². The Balaban J connectivity index is 1.77. The summed E-state index contributed by atoms with van der Waals surface area (Å²) in [6.07, 6.45) is -4.38. The van der Waals surface area contributed by atoms with Gasteiger partial charge in [-0.2, -0.15) is 13.2 Å². The monoisotopic (exact) mass is 474 g/mol. The van der Waals surface area contributed by atoms with Gasteiger partial charge >= 0.3 is 12.1 Å². The number of halogens is 3. The van der Waals surface area contributed by atoms with E-state index < -0.39 is 18.8 Å². The second-order valence-electron chi connectivity index (χ2n) is 7.48. The first-order valence-electron chi connectivity index (χ1n) is 10.3. The second kappa shape index (κ2) is 10.4. The highest BCUT2D eigenvalue weighted by Crippen LogP contribution is 2.32. The van der Waals surface area contributed by atoms with Gasteiger partial charge in [0.2, 0.25) is 0 Å². The zero-order valence-corrected chi connectivity index (χ0v) is 19.2. The molecule has 0 saturated heterocycles. The quantitative estimate of drug-likeness (QED) is 0.390. The fourth-order valence-corrected chi connectivity index (χ4v) is 3.26. The summed E-state index contributed by atoms with van der Waals surface area (Å²) >= 11 is 0. The molecule has 0 aliphatic heterocycles. The van der Waals surface area contributed by atoms with Crippen LogP contribution in [-0.2, 0) is 4.74 Å². The lowest BCUT2D eigenvalue weighted by Crippen LogP contribution is -2.19. The summed E-state index contributed by atoms with van der Waals surface area (Å²) in [4.78, 5) is 14.1. The van der Waals surface area contributed by atoms with Gasteiger partial charge in [-0.3, -0.25) is 0 Å². The first-order chi connectivity index (χ1) is 16.1. The van der Waals surface area contributed by atoms with Crippen LogP contribution in [0.1, 0.15) is 15.9 Å². The number of ether oxygens (including phenoxy) is 3. The molecule has 0 aromatic heterocycles. The number of nitrogens with zero attached hydrogens (tertiary/aromatic N) is 1. The van der Waals surface area contributed by atoms with Gasteiger partial charge in [-0.1, -0.05) is 0 Å². The summed E-state index contributed by atoms with van der Waals surface area (Å²) in [5.41, 5.74) is 4.28. The molecular formula is C25H25F3N2O4. The lowest BCUT2D eigenvalue weighted by Gasteiger charge is -2.22. The molecule has 0 unspecified atom stereocenters. The summed E-state index contributed by atoms with van der Waals surface area (Å²) in [5, 5.41) is 3.26. The van der Waals surface area contributed by atoms with Gasteiger partial charge in [-0.25, -0.2) is 4.79 Å². The number of aryl methyl sites for hydroxylation is 1. The summed E-state index contributed by atoms with van der Waals surface area (Å²) in [5.74, 6) is 0.193. The predicted molar refractivity (Wildman–Crippen MR) is 125 cm³/mol. The molecule has 3 aromatic carbocycles. The number of rotatable bonds is 8. The molecule has 0 saturated carbocycles. The number of nitrogens with one attached hydrogen (secondary N) is 1. The summed E-state index contributed by atoms with van der Waals surface area (Å²) in [6, 6.07) is 17.2. The molecule has 0 radical (unpaired) electrons. The normalized spacial score (nSPS) is 11.0. The van der Waals surface area contributed by atoms with Gasteiger partial charge < -0.3 is 24.4 Å². The Hall–Kier alpha value is -3.88. The maximum absolute atomic E-state index is 12.3. The minimum Gasteiger partial charge on any atom is -0.497 e. The first kappa shape index (κ1) is 24.8. The Morgan fingerprint density at radius 1 is 0.912 bits per heavy atom. The predicted octanol–water partition coefficient (Wildman–Crippen LogP) is 6.24. The van der Waals surface area contributed by atoms with E-state index in [0.717, 1.165) is 22.6 Å². The summed E-state index contributed by atoms with van der Waals surface area (Å²) < 4.78 is 51.8. The van der Waals surface area contributed by atoms with Crippen LogP contribution in [0.3, 0.4) is 0 Å². The van der Waals surface area contributed by atoms with Crippen LogP contribution in [0.4, 0.5) is 35.9 Å². The van der Waals surface area contributed by atoms with Crippen molar-refractivity contribution in [3.63, 3.8) is 0 Å². The van der Waals surface area contributed by atoms with Crippen molar-refractivity contribution in [3.8, 4) is 11.5 Å². The molecular weight excluding hydrogens is 449 g/mol. The van der Waals surface area contributed by atoms with Gasteiger partial charge in [0, 0.05) is 24.1 Å². The van der Waals surface area contributed by atoms with E-state index >= 15 is 0 Å². The molecule has 0 amide bonds. The van der Waals surface area contributed by atoms with Gasteiger partial charge in [0.15, 0.2) is 6.61 Å². The number of carbonyl (C=O) groups excluding carboxylic acids is 1. The third-order valence-corrected chi connectivity index (χ3v) is 5.13. The fourth-order valence-electron chi connectivity index (χ4n) is 3.26. The van der Waals surface area contributed by atoms with Gasteiger partial charge in [0.25, 0.3) is 0 Å². The zero-order valence-electron chi connectivity index (χ0n) is 19.2. The van der Waals surface area contributed by atoms with Crippen molar-refractivity contribution in [2.75, 3.05) is 38.1 Å². The van der Waals surface area contributed by atoms with Gasteiger partial charge in [0.1, 0.15) is 11.5 Å². The van der Waals surface area contributed by atoms with Crippen molar-refractivity contribution in [2.24, 2.45) is 0 Å². The number of hydrogen-bond donors (Lipinski definition) is 1. The maximum Gasteiger partial charge on any atom is 0.422 e. The van der Waals surface area contributed by atoms with Crippen LogP contribution < -0.4 is 19.7 Å². The van der Waals surface area contributed by atoms with Crippen molar-refractivity contribution in [3.05, 3.63) is 71.8 Å². The Morgan fingerprint density at radius 3 is 2.12 bits per heavy atom. The molecule has 3 aromatic rings. The molecule has 9 heteroatoms. The molecule has 0 fully saturated rings. The third kappa shape index (κ3) is 6.12. The number of methoxy groups -OCH3 is 2. The van der Waals surface area contributed by atoms with Crippen molar-refractivity contribution in [2.45, 2.75) is 13.1 Å². The van der Waals surface area contributed by atoms with Crippen LogP contribution in [0.25, 0.3) is 0 Å². The van der Waals surface area contributed by atoms with Crippen molar-refractivity contribution in [1.82, 2.24) is 0 Å². The molecule has 0 atom stereocenters. The van der Waals surface area contributed by atoms with E-state index in [0.29, 0.717) is 17.0 Å². The molecule has 1 N–H and O–H groups in total. The Bertz CT molecular complexity index is 1150. The highest BCUT2D eigenvalue weighted by atomic mass is 19.4. The smallest absolute Gasteiger partial charge is 0.422 e. The number of esters is 1. The molecule has 180 valence electrons. The van der Waals surface area contributed by atoms with Crippen LogP contribution in [0.2, 0.25) is 0 Å². The summed E-state index contributed by atoms with van der Waals surface area (Å²) in [7, 11) is 4.69. The zero-order chi connectivity index (χ0) is 24.9. The molecule has 0 bridgehead atoms. The lowest BCUT2D eigenvalue weighted by atomic mass is 10.1. The average Bonchev–Trinajstić information content (AvgIpc) is 2.83. The second-order valence-corrected chi connectivity index (χ2v) is 7.48. The van der Waals surface area contributed by atoms with Crippen LogP contribution in [0, 0.1) is 6.92 Å². The largest absolute Gasteiger partial charge is 0.497 e. The third-order valence-electron chi connectivity index (χ3n) is 5.13. The van der Waals surface area contributed by atoms with Crippen LogP contribution in [0.15, 0.2) is 60.7 Å². The van der Waals surface area contributed by atoms with Gasteiger partial charge in [-0.15, -0.1) is 0 Å². The number of carbonyl (C=O) groups is 1. The molecule has 0 spiro atoms. The molecule has 3 rings (SSSR count). The molecule has 6 nitrogen and oxygen atoms in total. The van der Waals surface area contributed by atoms with E-state index in [1.807, 2.05) is 37.1 Å². The van der Waals surface area contributed by atoms with E-state index in [9.17, 15) is 18.0 Å². The molecule has 0 aliphatic carbocycles. The van der Waals surface area contributed by atoms with Gasteiger partial charge in [-0.05, 0) is 73.2 Å². The van der Waals surface area contributed by atoms with Crippen LogP contribution >= 0.6 is 0 Å². The van der Waals surface area contributed by atoms with Crippen LogP contribution in [0.5, 0.6) is 11.5 Å². The van der Waals surface area contributed by atoms with Crippen molar-refractivity contribution in [1.29, 1.82) is 0 Å². The van der Waals surface area contributed by atoms with Crippen LogP contribution in [-0.4, -0.2) is 40.0 Å². The van der Waals surface area contributed by atoms with E-state index in [2.05, 4.69) is 5.32 Å². The number of anilines is 4. The highest BCUT2D eigenvalue weighted by Gasteiger charge is 2.28. The number of alkyl halides is 3. The van der Waals surface area contributed by atoms with Crippen molar-refractivity contribution >= 4 is 28.7 Å². The van der Waals surface area contributed by atoms with E-state index in [1.54, 1.807) is 30.3 Å². The minimum absolute atomic E-state index is 0.145. The Morgan fingerprint density at radius 2 is 1.53 bits per heavy atom. The number of hydrogen-bond acceptors (Lipinski definition) is 6. The molecule has 34 heavy (non-hydrogen) atoms. The van der Waals surface area contributed by atoms with E-state index in [4.69, 9.17) is 14.2 Å². The topological polar surface area (TPSA) is 60.0 Å². The summed E-state index contributed by atoms with van der Waals surface area (Å²) in [6.45, 7) is 0.594. The number of benzene rings is 3. The SMILES string of the molecule is COC(=O)c1cc(OC)ccc1Nc1ccc(N(C)c2ccc(OCC(F)(F)F)cc2)cc1C. The fraction of sp³-hybridized carbons (Fsp3) is 0.240. The first-order valence-corrected chi connectivity index (χ1v) is 10.3. The maximum atomic E-state index is 12.3. The standard InChI is InChI=1S/C25H25F3N2O4/c1-16-13-18(30(2)17-5-8-19(9-6-17)34-15-25(26,27)28)7-11-22(16)29-23-12-10-20(32-3)14-21(23)24(31)33-4/h5-14,29H,15H2,1-4H3.